The summed E-state index contributed by atoms with van der Waals surface area (Å²) < 4.78 is 11.7. The lowest BCUT2D eigenvalue weighted by molar-refractivity contribution is 0.177. The molecule has 0 fully saturated rings. The van der Waals surface area contributed by atoms with Crippen molar-refractivity contribution < 1.29 is 9.47 Å². The van der Waals surface area contributed by atoms with Crippen molar-refractivity contribution >= 4 is 33.3 Å². The summed E-state index contributed by atoms with van der Waals surface area (Å²) >= 11 is 9.50. The van der Waals surface area contributed by atoms with Crippen molar-refractivity contribution in [3.8, 4) is 11.6 Å². The lowest BCUT2D eigenvalue weighted by Crippen LogP contribution is -2.05. The van der Waals surface area contributed by atoms with Gasteiger partial charge in [0.25, 0.3) is 0 Å². The number of aromatic nitrogens is 2. The molecule has 0 spiro atoms. The minimum Gasteiger partial charge on any atom is -0.437 e. The molecule has 21 heavy (non-hydrogen) atoms. The quantitative estimate of drug-likeness (QED) is 0.821. The van der Waals surface area contributed by atoms with Gasteiger partial charge in [0.05, 0.1) is 5.02 Å². The highest BCUT2D eigenvalue weighted by Gasteiger charge is 2.09. The third-order valence-electron chi connectivity index (χ3n) is 2.49. The zero-order chi connectivity index (χ0) is 15.2. The van der Waals surface area contributed by atoms with E-state index in [4.69, 9.17) is 21.1 Å². The van der Waals surface area contributed by atoms with Crippen LogP contribution in [0, 0.1) is 0 Å². The van der Waals surface area contributed by atoms with Crippen LogP contribution in [-0.4, -0.2) is 23.6 Å². The van der Waals surface area contributed by atoms with Crippen LogP contribution in [-0.2, 0) is 11.3 Å². The number of rotatable bonds is 6. The van der Waals surface area contributed by atoms with Gasteiger partial charge in [-0.3, -0.25) is 0 Å². The third-order valence-corrected chi connectivity index (χ3v) is 3.29. The number of benzene rings is 1. The van der Waals surface area contributed by atoms with Crippen molar-refractivity contribution in [2.75, 3.05) is 19.0 Å². The molecule has 0 saturated carbocycles. The minimum atomic E-state index is 0.307. The fourth-order valence-corrected chi connectivity index (χ4v) is 2.15. The number of halogens is 2. The Balaban J connectivity index is 2.31. The highest BCUT2D eigenvalue weighted by Crippen LogP contribution is 2.31. The maximum absolute atomic E-state index is 6.12. The standard InChI is InChI=1S/C14H15BrClN3O2/c1-3-17-12-7-14(19-13(18-12)8-20-2)21-11-6-9(15)4-5-10(11)16/h4-7H,3,8H2,1-2H3,(H,17,18,19). The van der Waals surface area contributed by atoms with E-state index in [9.17, 15) is 0 Å². The summed E-state index contributed by atoms with van der Waals surface area (Å²) in [6, 6.07) is 7.10. The predicted octanol–water partition coefficient (Wildman–Crippen LogP) is 4.26. The molecule has 0 radical (unpaired) electrons. The summed E-state index contributed by atoms with van der Waals surface area (Å²) in [4.78, 5) is 8.62. The molecule has 5 nitrogen and oxygen atoms in total. The minimum absolute atomic E-state index is 0.307. The number of nitrogens with zero attached hydrogens (tertiary/aromatic N) is 2. The van der Waals surface area contributed by atoms with Gasteiger partial charge in [0.1, 0.15) is 18.2 Å². The van der Waals surface area contributed by atoms with Gasteiger partial charge in [0, 0.05) is 24.2 Å². The van der Waals surface area contributed by atoms with Crippen molar-refractivity contribution in [1.82, 2.24) is 9.97 Å². The van der Waals surface area contributed by atoms with E-state index < -0.39 is 0 Å². The number of anilines is 1. The molecule has 2 aromatic rings. The zero-order valence-electron chi connectivity index (χ0n) is 11.7. The monoisotopic (exact) mass is 371 g/mol. The molecule has 112 valence electrons. The van der Waals surface area contributed by atoms with Crippen LogP contribution < -0.4 is 10.1 Å². The van der Waals surface area contributed by atoms with E-state index in [1.807, 2.05) is 13.0 Å². The van der Waals surface area contributed by atoms with Crippen LogP contribution in [0.25, 0.3) is 0 Å². The van der Waals surface area contributed by atoms with Crippen LogP contribution in [0.1, 0.15) is 12.7 Å². The van der Waals surface area contributed by atoms with Crippen molar-refractivity contribution in [2.45, 2.75) is 13.5 Å². The predicted molar refractivity (Wildman–Crippen MR) is 86.1 cm³/mol. The average molecular weight is 373 g/mol. The zero-order valence-corrected chi connectivity index (χ0v) is 14.0. The van der Waals surface area contributed by atoms with Crippen LogP contribution >= 0.6 is 27.5 Å². The number of ether oxygens (including phenoxy) is 2. The van der Waals surface area contributed by atoms with E-state index in [0.717, 1.165) is 11.0 Å². The normalized spacial score (nSPS) is 10.5. The highest BCUT2D eigenvalue weighted by molar-refractivity contribution is 9.10. The van der Waals surface area contributed by atoms with Crippen molar-refractivity contribution in [2.24, 2.45) is 0 Å². The summed E-state index contributed by atoms with van der Waals surface area (Å²) in [5.41, 5.74) is 0. The fourth-order valence-electron chi connectivity index (χ4n) is 1.66. The fraction of sp³-hybridized carbons (Fsp3) is 0.286. The Bertz CT molecular complexity index is 601. The second kappa shape index (κ2) is 7.59. The Labute approximate surface area is 136 Å². The van der Waals surface area contributed by atoms with Gasteiger partial charge in [0.15, 0.2) is 5.82 Å². The molecule has 0 aliphatic carbocycles. The van der Waals surface area contributed by atoms with Crippen LogP contribution in [0.15, 0.2) is 28.7 Å². The van der Waals surface area contributed by atoms with Gasteiger partial charge in [-0.2, -0.15) is 4.98 Å². The van der Waals surface area contributed by atoms with Crippen molar-refractivity contribution in [3.05, 3.63) is 39.6 Å². The maximum Gasteiger partial charge on any atom is 0.224 e. The number of hydrogen-bond acceptors (Lipinski definition) is 5. The summed E-state index contributed by atoms with van der Waals surface area (Å²) in [5, 5.41) is 3.64. The third kappa shape index (κ3) is 4.56. The Kier molecular flexibility index (Phi) is 5.78. The first kappa shape index (κ1) is 16.0. The number of methoxy groups -OCH3 is 1. The molecule has 0 bridgehead atoms. The first-order chi connectivity index (χ1) is 10.1. The Morgan fingerprint density at radius 3 is 2.81 bits per heavy atom. The van der Waals surface area contributed by atoms with Gasteiger partial charge in [-0.05, 0) is 25.1 Å². The van der Waals surface area contributed by atoms with E-state index in [1.165, 1.54) is 0 Å². The molecule has 0 atom stereocenters. The first-order valence-corrected chi connectivity index (χ1v) is 7.53. The van der Waals surface area contributed by atoms with Crippen molar-refractivity contribution in [1.29, 1.82) is 0 Å². The topological polar surface area (TPSA) is 56.3 Å². The largest absolute Gasteiger partial charge is 0.437 e. The SMILES string of the molecule is CCNc1cc(Oc2cc(Br)ccc2Cl)nc(COC)n1. The van der Waals surface area contributed by atoms with E-state index in [2.05, 4.69) is 31.2 Å². The van der Waals surface area contributed by atoms with Crippen LogP contribution in [0.5, 0.6) is 11.6 Å². The van der Waals surface area contributed by atoms with Gasteiger partial charge in [-0.25, -0.2) is 4.98 Å². The lowest BCUT2D eigenvalue weighted by atomic mass is 10.3. The molecule has 0 saturated heterocycles. The molecule has 0 amide bonds. The summed E-state index contributed by atoms with van der Waals surface area (Å²) in [6.45, 7) is 3.05. The molecule has 0 aliphatic heterocycles. The molecular formula is C14H15BrClN3O2. The second-order valence-electron chi connectivity index (χ2n) is 4.15. The summed E-state index contributed by atoms with van der Waals surface area (Å²) in [6.07, 6.45) is 0. The van der Waals surface area contributed by atoms with Crippen molar-refractivity contribution in [3.63, 3.8) is 0 Å². The van der Waals surface area contributed by atoms with Crippen LogP contribution in [0.2, 0.25) is 5.02 Å². The van der Waals surface area contributed by atoms with Gasteiger partial charge in [-0.15, -0.1) is 0 Å². The lowest BCUT2D eigenvalue weighted by Gasteiger charge is -2.10. The highest BCUT2D eigenvalue weighted by atomic mass is 79.9. The Morgan fingerprint density at radius 2 is 2.10 bits per heavy atom. The Hall–Kier alpha value is -1.37. The molecule has 1 heterocycles. The van der Waals surface area contributed by atoms with Gasteiger partial charge < -0.3 is 14.8 Å². The smallest absolute Gasteiger partial charge is 0.224 e. The van der Waals surface area contributed by atoms with E-state index in [-0.39, 0.29) is 0 Å². The molecule has 0 unspecified atom stereocenters. The average Bonchev–Trinajstić information content (AvgIpc) is 2.43. The summed E-state index contributed by atoms with van der Waals surface area (Å²) in [7, 11) is 1.59. The van der Waals surface area contributed by atoms with E-state index in [1.54, 1.807) is 25.3 Å². The van der Waals surface area contributed by atoms with Crippen LogP contribution in [0.3, 0.4) is 0 Å². The molecule has 1 N–H and O–H groups in total. The molecule has 1 aromatic carbocycles. The van der Waals surface area contributed by atoms with Gasteiger partial charge in [0.2, 0.25) is 5.88 Å². The molecule has 1 aromatic heterocycles. The molecule has 7 heteroatoms. The van der Waals surface area contributed by atoms with Crippen LogP contribution in [0.4, 0.5) is 5.82 Å². The van der Waals surface area contributed by atoms with E-state index >= 15 is 0 Å². The molecule has 0 aliphatic rings. The maximum atomic E-state index is 6.12. The van der Waals surface area contributed by atoms with E-state index in [0.29, 0.717) is 34.9 Å². The molecule has 2 rings (SSSR count). The first-order valence-electron chi connectivity index (χ1n) is 6.36. The Morgan fingerprint density at radius 1 is 1.29 bits per heavy atom. The molecular weight excluding hydrogens is 358 g/mol. The summed E-state index contributed by atoms with van der Waals surface area (Å²) in [5.74, 6) is 2.15. The second-order valence-corrected chi connectivity index (χ2v) is 5.47. The number of hydrogen-bond donors (Lipinski definition) is 1. The number of nitrogens with one attached hydrogen (secondary N) is 1. The van der Waals surface area contributed by atoms with Gasteiger partial charge in [-0.1, -0.05) is 27.5 Å². The van der Waals surface area contributed by atoms with Gasteiger partial charge >= 0.3 is 0 Å².